The first-order valence-corrected chi connectivity index (χ1v) is 9.19. The van der Waals surface area contributed by atoms with Crippen LogP contribution >= 0.6 is 0 Å². The molecule has 7 nitrogen and oxygen atoms in total. The van der Waals surface area contributed by atoms with E-state index in [9.17, 15) is 14.0 Å². The number of nitrogens with one attached hydrogen (secondary N) is 2. The van der Waals surface area contributed by atoms with Gasteiger partial charge in [-0.05, 0) is 80.9 Å². The van der Waals surface area contributed by atoms with Crippen LogP contribution in [0.4, 0.5) is 4.39 Å². The van der Waals surface area contributed by atoms with E-state index in [2.05, 4.69) is 20.5 Å². The minimum atomic E-state index is -0.694. The minimum Gasteiger partial charge on any atom is -0.488 e. The van der Waals surface area contributed by atoms with Crippen molar-refractivity contribution in [1.29, 1.82) is 0 Å². The highest BCUT2D eigenvalue weighted by atomic mass is 19.1. The molecular weight excluding hydrogens is 387 g/mol. The Morgan fingerprint density at radius 2 is 1.80 bits per heavy atom. The van der Waals surface area contributed by atoms with Crippen LogP contribution in [0.3, 0.4) is 0 Å². The number of aromatic nitrogens is 2. The van der Waals surface area contributed by atoms with Crippen molar-refractivity contribution in [3.05, 3.63) is 82.2 Å². The maximum atomic E-state index is 13.1. The zero-order valence-corrected chi connectivity index (χ0v) is 16.8. The van der Waals surface area contributed by atoms with Gasteiger partial charge in [0.05, 0.1) is 11.9 Å². The van der Waals surface area contributed by atoms with Crippen molar-refractivity contribution in [2.45, 2.75) is 26.4 Å². The molecule has 0 fully saturated rings. The number of aromatic amines is 1. The Labute approximate surface area is 172 Å². The molecule has 154 valence electrons. The molecule has 3 aromatic rings. The maximum absolute atomic E-state index is 13.1. The summed E-state index contributed by atoms with van der Waals surface area (Å²) < 4.78 is 18.8. The number of benzene rings is 2. The molecule has 0 unspecified atom stereocenters. The molecule has 1 heterocycles. The van der Waals surface area contributed by atoms with E-state index in [0.29, 0.717) is 5.56 Å². The first-order valence-electron chi connectivity index (χ1n) is 9.19. The van der Waals surface area contributed by atoms with Gasteiger partial charge < -0.3 is 9.72 Å². The van der Waals surface area contributed by atoms with Gasteiger partial charge in [-0.15, -0.1) is 0 Å². The number of halogens is 1. The van der Waals surface area contributed by atoms with E-state index in [4.69, 9.17) is 4.74 Å². The van der Waals surface area contributed by atoms with Crippen LogP contribution in [0.1, 0.15) is 36.8 Å². The molecule has 0 aliphatic rings. The van der Waals surface area contributed by atoms with Crippen molar-refractivity contribution < 1.29 is 13.9 Å². The molecule has 0 saturated heterocycles. The van der Waals surface area contributed by atoms with Crippen molar-refractivity contribution in [3.63, 3.8) is 0 Å². The summed E-state index contributed by atoms with van der Waals surface area (Å²) in [6.07, 6.45) is 1.47. The summed E-state index contributed by atoms with van der Waals surface area (Å²) in [6.45, 7) is 5.88. The Hall–Kier alpha value is -3.81. The highest BCUT2D eigenvalue weighted by Crippen LogP contribution is 2.18. The van der Waals surface area contributed by atoms with E-state index in [0.717, 1.165) is 11.3 Å². The van der Waals surface area contributed by atoms with Crippen LogP contribution in [-0.2, 0) is 0 Å². The van der Waals surface area contributed by atoms with Gasteiger partial charge >= 0.3 is 5.69 Å². The monoisotopic (exact) mass is 408 g/mol. The van der Waals surface area contributed by atoms with E-state index in [1.54, 1.807) is 12.1 Å². The average molecular weight is 408 g/mol. The zero-order valence-electron chi connectivity index (χ0n) is 16.8. The summed E-state index contributed by atoms with van der Waals surface area (Å²) in [6, 6.07) is 14.1. The topological polar surface area (TPSA) is 96.4 Å². The molecule has 30 heavy (non-hydrogen) atoms. The highest BCUT2D eigenvalue weighted by molar-refractivity contribution is 5.93. The van der Waals surface area contributed by atoms with Crippen LogP contribution in [0.2, 0.25) is 0 Å². The Morgan fingerprint density at radius 3 is 2.43 bits per heavy atom. The quantitative estimate of drug-likeness (QED) is 0.499. The number of amides is 1. The van der Waals surface area contributed by atoms with Crippen LogP contribution in [0.25, 0.3) is 11.3 Å². The average Bonchev–Trinajstić information content (AvgIpc) is 2.68. The summed E-state index contributed by atoms with van der Waals surface area (Å²) in [7, 11) is 0. The van der Waals surface area contributed by atoms with E-state index >= 15 is 0 Å². The maximum Gasteiger partial charge on any atom is 0.346 e. The van der Waals surface area contributed by atoms with Crippen LogP contribution in [0, 0.1) is 5.82 Å². The second kappa shape index (κ2) is 8.69. The molecule has 2 aromatic carbocycles. The van der Waals surface area contributed by atoms with Gasteiger partial charge in [0.1, 0.15) is 22.9 Å². The highest BCUT2D eigenvalue weighted by Gasteiger charge is 2.12. The molecular formula is C22H21FN4O3. The van der Waals surface area contributed by atoms with Gasteiger partial charge in [-0.3, -0.25) is 4.79 Å². The third kappa shape index (κ3) is 5.84. The first kappa shape index (κ1) is 20.9. The van der Waals surface area contributed by atoms with Crippen molar-refractivity contribution in [1.82, 2.24) is 15.4 Å². The predicted octanol–water partition coefficient (Wildman–Crippen LogP) is 3.52. The number of carbonyl (C=O) groups is 1. The molecule has 0 saturated carbocycles. The van der Waals surface area contributed by atoms with Crippen molar-refractivity contribution in [3.8, 4) is 17.0 Å². The normalized spacial score (nSPS) is 11.5. The van der Waals surface area contributed by atoms with E-state index in [1.807, 2.05) is 32.9 Å². The SMILES string of the molecule is CC(C)(C)Oc1ccc(/C=N/NC(=O)c2cc(-c3ccc(F)cc3)nc(=O)[nH]2)cc1. The van der Waals surface area contributed by atoms with Crippen molar-refractivity contribution >= 4 is 12.1 Å². The third-order valence-corrected chi connectivity index (χ3v) is 3.81. The summed E-state index contributed by atoms with van der Waals surface area (Å²) in [5.74, 6) is -0.290. The van der Waals surface area contributed by atoms with Crippen molar-refractivity contribution in [2.75, 3.05) is 0 Å². The molecule has 0 atom stereocenters. The van der Waals surface area contributed by atoms with Crippen LogP contribution in [-0.4, -0.2) is 27.7 Å². The first-order chi connectivity index (χ1) is 14.2. The Morgan fingerprint density at radius 1 is 1.13 bits per heavy atom. The molecule has 0 spiro atoms. The molecule has 0 aliphatic carbocycles. The number of hydrazone groups is 1. The number of hydrogen-bond acceptors (Lipinski definition) is 5. The fraction of sp³-hybridized carbons (Fsp3) is 0.182. The Balaban J connectivity index is 1.69. The van der Waals surface area contributed by atoms with Crippen LogP contribution in [0.5, 0.6) is 5.75 Å². The van der Waals surface area contributed by atoms with Gasteiger partial charge in [-0.2, -0.15) is 10.1 Å². The fourth-order valence-corrected chi connectivity index (χ4v) is 2.55. The lowest BCUT2D eigenvalue weighted by molar-refractivity contribution is 0.0949. The number of rotatable bonds is 5. The van der Waals surface area contributed by atoms with Gasteiger partial charge in [0.2, 0.25) is 0 Å². The fourth-order valence-electron chi connectivity index (χ4n) is 2.55. The molecule has 0 bridgehead atoms. The van der Waals surface area contributed by atoms with Gasteiger partial charge in [0.15, 0.2) is 0 Å². The number of ether oxygens (including phenoxy) is 1. The molecule has 0 radical (unpaired) electrons. The molecule has 1 aromatic heterocycles. The zero-order chi connectivity index (χ0) is 21.7. The van der Waals surface area contributed by atoms with Crippen LogP contribution < -0.4 is 15.9 Å². The van der Waals surface area contributed by atoms with E-state index < -0.39 is 17.4 Å². The molecule has 0 aliphatic heterocycles. The summed E-state index contributed by atoms with van der Waals surface area (Å²) >= 11 is 0. The smallest absolute Gasteiger partial charge is 0.346 e. The summed E-state index contributed by atoms with van der Waals surface area (Å²) in [4.78, 5) is 30.3. The second-order valence-electron chi connectivity index (χ2n) is 7.47. The second-order valence-corrected chi connectivity index (χ2v) is 7.47. The van der Waals surface area contributed by atoms with E-state index in [1.165, 1.54) is 36.5 Å². The van der Waals surface area contributed by atoms with Crippen LogP contribution in [0.15, 0.2) is 64.5 Å². The summed E-state index contributed by atoms with van der Waals surface area (Å²) in [5, 5.41) is 3.91. The lowest BCUT2D eigenvalue weighted by Crippen LogP contribution is -2.24. The van der Waals surface area contributed by atoms with Gasteiger partial charge in [-0.1, -0.05) is 0 Å². The third-order valence-electron chi connectivity index (χ3n) is 3.81. The van der Waals surface area contributed by atoms with E-state index in [-0.39, 0.29) is 17.0 Å². The van der Waals surface area contributed by atoms with Crippen molar-refractivity contribution in [2.24, 2.45) is 5.10 Å². The number of hydrogen-bond donors (Lipinski definition) is 2. The summed E-state index contributed by atoms with van der Waals surface area (Å²) in [5.41, 5.74) is 2.88. The lowest BCUT2D eigenvalue weighted by Gasteiger charge is -2.21. The largest absolute Gasteiger partial charge is 0.488 e. The number of carbonyl (C=O) groups excluding carboxylic acids is 1. The number of nitrogens with zero attached hydrogens (tertiary/aromatic N) is 2. The lowest BCUT2D eigenvalue weighted by atomic mass is 10.1. The molecule has 8 heteroatoms. The van der Waals surface area contributed by atoms with Gasteiger partial charge in [-0.25, -0.2) is 14.6 Å². The van der Waals surface area contributed by atoms with Gasteiger partial charge in [0.25, 0.3) is 5.91 Å². The Kier molecular flexibility index (Phi) is 6.06. The molecule has 2 N–H and O–H groups in total. The Bertz CT molecular complexity index is 1110. The predicted molar refractivity (Wildman–Crippen MR) is 112 cm³/mol. The van der Waals surface area contributed by atoms with Gasteiger partial charge in [0, 0.05) is 5.56 Å². The minimum absolute atomic E-state index is 0.0135. The standard InChI is InChI=1S/C22H21FN4O3/c1-22(2,3)30-17-10-4-14(5-11-17)13-24-27-20(28)19-12-18(25-21(29)26-19)15-6-8-16(23)9-7-15/h4-13H,1-3H3,(H,27,28)(H,25,26,29)/b24-13+. The molecule has 3 rings (SSSR count). The number of H-pyrrole nitrogens is 1. The molecule has 1 amide bonds.